The monoisotopic (exact) mass is 267 g/mol. The topological polar surface area (TPSA) is 62.3 Å². The summed E-state index contributed by atoms with van der Waals surface area (Å²) in [5.41, 5.74) is 1.30. The van der Waals surface area contributed by atoms with E-state index in [-0.39, 0.29) is 11.8 Å². The van der Waals surface area contributed by atoms with Gasteiger partial charge in [-0.3, -0.25) is 9.59 Å². The van der Waals surface area contributed by atoms with Gasteiger partial charge >= 0.3 is 0 Å². The molecule has 1 N–H and O–H groups in total. The molecular weight excluding hydrogens is 250 g/mol. The Kier molecular flexibility index (Phi) is 3.65. The van der Waals surface area contributed by atoms with Gasteiger partial charge in [0, 0.05) is 18.5 Å². The molecule has 2 amide bonds. The zero-order valence-electron chi connectivity index (χ0n) is 10.6. The van der Waals surface area contributed by atoms with Crippen molar-refractivity contribution in [2.24, 2.45) is 0 Å². The zero-order chi connectivity index (χ0) is 13.2. The molecule has 0 aromatic carbocycles. The first-order valence-corrected chi connectivity index (χ1v) is 7.02. The molecule has 0 saturated carbocycles. The van der Waals surface area contributed by atoms with Crippen molar-refractivity contribution in [3.63, 3.8) is 0 Å². The Morgan fingerprint density at radius 2 is 2.44 bits per heavy atom. The molecule has 0 radical (unpaired) electrons. The summed E-state index contributed by atoms with van der Waals surface area (Å²) in [5.74, 6) is -0.221. The molecule has 5 nitrogen and oxygen atoms in total. The predicted octanol–water partition coefficient (Wildman–Crippen LogP) is 1.27. The van der Waals surface area contributed by atoms with Gasteiger partial charge in [0.25, 0.3) is 5.91 Å². The van der Waals surface area contributed by atoms with Crippen LogP contribution in [0.15, 0.2) is 10.9 Å². The van der Waals surface area contributed by atoms with Gasteiger partial charge in [-0.2, -0.15) is 0 Å². The summed E-state index contributed by atoms with van der Waals surface area (Å²) in [6, 6.07) is 0. The Morgan fingerprint density at radius 3 is 3.06 bits per heavy atom. The minimum Gasteiger partial charge on any atom is -0.352 e. The number of amides is 2. The van der Waals surface area contributed by atoms with E-state index in [1.807, 2.05) is 13.8 Å². The van der Waals surface area contributed by atoms with E-state index in [2.05, 4.69) is 10.3 Å². The summed E-state index contributed by atoms with van der Waals surface area (Å²) in [5, 5.41) is 4.56. The third kappa shape index (κ3) is 2.12. The average molecular weight is 267 g/mol. The lowest BCUT2D eigenvalue weighted by molar-refractivity contribution is -0.134. The van der Waals surface area contributed by atoms with Crippen molar-refractivity contribution in [3.05, 3.63) is 16.6 Å². The maximum atomic E-state index is 12.4. The van der Waals surface area contributed by atoms with Gasteiger partial charge in [-0.25, -0.2) is 4.98 Å². The molecule has 0 spiro atoms. The van der Waals surface area contributed by atoms with Crippen LogP contribution in [-0.2, 0) is 4.79 Å². The van der Waals surface area contributed by atoms with Gasteiger partial charge in [0.1, 0.15) is 11.2 Å². The largest absolute Gasteiger partial charge is 0.352 e. The molecule has 1 aliphatic heterocycles. The van der Waals surface area contributed by atoms with E-state index >= 15 is 0 Å². The molecule has 0 bridgehead atoms. The quantitative estimate of drug-likeness (QED) is 0.897. The van der Waals surface area contributed by atoms with E-state index in [0.717, 1.165) is 6.42 Å². The number of aromatic nitrogens is 1. The number of nitrogens with zero attached hydrogens (tertiary/aromatic N) is 2. The molecule has 1 atom stereocenters. The second-order valence-corrected chi connectivity index (χ2v) is 5.33. The van der Waals surface area contributed by atoms with E-state index in [1.54, 1.807) is 15.8 Å². The van der Waals surface area contributed by atoms with Crippen LogP contribution in [0.5, 0.6) is 0 Å². The average Bonchev–Trinajstić information content (AvgIpc) is 2.86. The molecule has 1 aliphatic rings. The first-order valence-electron chi connectivity index (χ1n) is 6.08. The summed E-state index contributed by atoms with van der Waals surface area (Å²) in [7, 11) is 0. The van der Waals surface area contributed by atoms with Gasteiger partial charge in [-0.05, 0) is 13.3 Å². The van der Waals surface area contributed by atoms with Crippen LogP contribution in [0, 0.1) is 0 Å². The number of thiazole rings is 1. The van der Waals surface area contributed by atoms with Gasteiger partial charge < -0.3 is 10.2 Å². The minimum atomic E-state index is -0.756. The summed E-state index contributed by atoms with van der Waals surface area (Å²) in [4.78, 5) is 30.1. The maximum Gasteiger partial charge on any atom is 0.274 e. The first kappa shape index (κ1) is 13.0. The SMILES string of the molecule is CCC[C@@]1(C)C(=O)NCCN1C(=O)c1cscn1. The summed E-state index contributed by atoms with van der Waals surface area (Å²) < 4.78 is 0. The van der Waals surface area contributed by atoms with Gasteiger partial charge in [-0.15, -0.1) is 11.3 Å². The molecule has 1 saturated heterocycles. The van der Waals surface area contributed by atoms with Crippen LogP contribution in [-0.4, -0.2) is 40.3 Å². The van der Waals surface area contributed by atoms with Crippen LogP contribution in [0.2, 0.25) is 0 Å². The first-order chi connectivity index (χ1) is 8.59. The molecule has 18 heavy (non-hydrogen) atoms. The van der Waals surface area contributed by atoms with Crippen LogP contribution in [0.3, 0.4) is 0 Å². The maximum absolute atomic E-state index is 12.4. The highest BCUT2D eigenvalue weighted by atomic mass is 32.1. The van der Waals surface area contributed by atoms with Crippen LogP contribution >= 0.6 is 11.3 Å². The fourth-order valence-electron chi connectivity index (χ4n) is 2.36. The molecule has 6 heteroatoms. The number of carbonyl (C=O) groups excluding carboxylic acids is 2. The van der Waals surface area contributed by atoms with Crippen molar-refractivity contribution in [1.82, 2.24) is 15.2 Å². The third-order valence-corrected chi connectivity index (χ3v) is 3.93. The summed E-state index contributed by atoms with van der Waals surface area (Å²) in [6.07, 6.45) is 1.51. The lowest BCUT2D eigenvalue weighted by Crippen LogP contribution is -2.64. The fraction of sp³-hybridized carbons (Fsp3) is 0.583. The van der Waals surface area contributed by atoms with Crippen molar-refractivity contribution in [2.45, 2.75) is 32.2 Å². The number of hydrogen-bond donors (Lipinski definition) is 1. The predicted molar refractivity (Wildman–Crippen MR) is 69.5 cm³/mol. The molecular formula is C12H17N3O2S. The van der Waals surface area contributed by atoms with E-state index in [0.29, 0.717) is 25.2 Å². The van der Waals surface area contributed by atoms with Crippen LogP contribution in [0.1, 0.15) is 37.2 Å². The molecule has 2 heterocycles. The normalized spacial score (nSPS) is 23.9. The molecule has 0 unspecified atom stereocenters. The zero-order valence-corrected chi connectivity index (χ0v) is 11.4. The standard InChI is InChI=1S/C12H17N3O2S/c1-3-4-12(2)11(17)13-5-6-15(12)10(16)9-7-18-8-14-9/h7-8H,3-6H2,1-2H3,(H,13,17)/t12-/m0/s1. The Bertz CT molecular complexity index is 446. The number of nitrogens with one attached hydrogen (secondary N) is 1. The number of rotatable bonds is 3. The number of carbonyl (C=O) groups is 2. The lowest BCUT2D eigenvalue weighted by atomic mass is 9.90. The van der Waals surface area contributed by atoms with Crippen molar-refractivity contribution in [3.8, 4) is 0 Å². The molecule has 98 valence electrons. The molecule has 1 aromatic rings. The van der Waals surface area contributed by atoms with Crippen molar-refractivity contribution in [1.29, 1.82) is 0 Å². The molecule has 2 rings (SSSR count). The Labute approximate surface area is 110 Å². The van der Waals surface area contributed by atoms with E-state index in [9.17, 15) is 9.59 Å². The van der Waals surface area contributed by atoms with Gasteiger partial charge in [0.2, 0.25) is 5.91 Å². The lowest BCUT2D eigenvalue weighted by Gasteiger charge is -2.43. The van der Waals surface area contributed by atoms with Crippen LogP contribution in [0.25, 0.3) is 0 Å². The van der Waals surface area contributed by atoms with E-state index in [1.165, 1.54) is 11.3 Å². The van der Waals surface area contributed by atoms with Crippen LogP contribution in [0.4, 0.5) is 0 Å². The molecule has 0 aliphatic carbocycles. The second kappa shape index (κ2) is 5.06. The molecule has 1 aromatic heterocycles. The minimum absolute atomic E-state index is 0.0702. The highest BCUT2D eigenvalue weighted by molar-refractivity contribution is 7.07. The van der Waals surface area contributed by atoms with Crippen molar-refractivity contribution < 1.29 is 9.59 Å². The third-order valence-electron chi connectivity index (χ3n) is 3.34. The highest BCUT2D eigenvalue weighted by Gasteiger charge is 2.44. The summed E-state index contributed by atoms with van der Waals surface area (Å²) in [6.45, 7) is 4.89. The number of hydrogen-bond acceptors (Lipinski definition) is 4. The Morgan fingerprint density at radius 1 is 1.67 bits per heavy atom. The molecule has 1 fully saturated rings. The Balaban J connectivity index is 2.29. The van der Waals surface area contributed by atoms with Crippen molar-refractivity contribution in [2.75, 3.05) is 13.1 Å². The van der Waals surface area contributed by atoms with Gasteiger partial charge in [-0.1, -0.05) is 13.3 Å². The Hall–Kier alpha value is -1.43. The van der Waals surface area contributed by atoms with Gasteiger partial charge in [0.15, 0.2) is 0 Å². The highest BCUT2D eigenvalue weighted by Crippen LogP contribution is 2.26. The van der Waals surface area contributed by atoms with E-state index in [4.69, 9.17) is 0 Å². The second-order valence-electron chi connectivity index (χ2n) is 4.61. The fourth-order valence-corrected chi connectivity index (χ4v) is 2.88. The van der Waals surface area contributed by atoms with E-state index < -0.39 is 5.54 Å². The smallest absolute Gasteiger partial charge is 0.274 e. The van der Waals surface area contributed by atoms with Crippen LogP contribution < -0.4 is 5.32 Å². The number of piperazine rings is 1. The van der Waals surface area contributed by atoms with Crippen molar-refractivity contribution >= 4 is 23.2 Å². The summed E-state index contributed by atoms with van der Waals surface area (Å²) >= 11 is 1.39. The van der Waals surface area contributed by atoms with Gasteiger partial charge in [0.05, 0.1) is 5.51 Å².